The van der Waals surface area contributed by atoms with Crippen LogP contribution in [0.25, 0.3) is 0 Å². The van der Waals surface area contributed by atoms with Gasteiger partial charge in [-0.15, -0.1) is 0 Å². The number of carbonyl (C=O) groups is 1. The zero-order chi connectivity index (χ0) is 13.2. The molecule has 1 heterocycles. The molecule has 17 heavy (non-hydrogen) atoms. The van der Waals surface area contributed by atoms with Gasteiger partial charge in [-0.25, -0.2) is 0 Å². The average molecular weight is 239 g/mol. The zero-order valence-corrected chi connectivity index (χ0v) is 11.1. The van der Waals surface area contributed by atoms with E-state index in [4.69, 9.17) is 4.42 Å². The van der Waals surface area contributed by atoms with Crippen molar-refractivity contribution in [1.29, 1.82) is 0 Å². The highest BCUT2D eigenvalue weighted by molar-refractivity contribution is 5.91. The number of amides is 1. The van der Waals surface area contributed by atoms with E-state index in [1.54, 1.807) is 6.07 Å². The lowest BCUT2D eigenvalue weighted by Crippen LogP contribution is -2.39. The van der Waals surface area contributed by atoms with Gasteiger partial charge < -0.3 is 14.8 Å². The second-order valence-corrected chi connectivity index (χ2v) is 5.44. The highest BCUT2D eigenvalue weighted by Crippen LogP contribution is 2.18. The Hall–Kier alpha value is -1.29. The summed E-state index contributed by atoms with van der Waals surface area (Å²) in [6.45, 7) is 9.69. The quantitative estimate of drug-likeness (QED) is 0.848. The fourth-order valence-electron chi connectivity index (χ4n) is 1.27. The first-order valence-corrected chi connectivity index (χ1v) is 5.75. The van der Waals surface area contributed by atoms with Crippen LogP contribution >= 0.6 is 0 Å². The third-order valence-corrected chi connectivity index (χ3v) is 2.85. The summed E-state index contributed by atoms with van der Waals surface area (Å²) in [5.74, 6) is 0.747. The molecule has 4 heteroatoms. The number of aliphatic hydroxyl groups excluding tert-OH is 1. The summed E-state index contributed by atoms with van der Waals surface area (Å²) in [5, 5.41) is 12.5. The Labute approximate surface area is 102 Å². The zero-order valence-electron chi connectivity index (χ0n) is 11.1. The van der Waals surface area contributed by atoms with Crippen molar-refractivity contribution in [3.63, 3.8) is 0 Å². The summed E-state index contributed by atoms with van der Waals surface area (Å²) in [7, 11) is 0. The van der Waals surface area contributed by atoms with Crippen LogP contribution in [0, 0.1) is 19.3 Å². The van der Waals surface area contributed by atoms with Crippen molar-refractivity contribution in [2.75, 3.05) is 6.54 Å². The van der Waals surface area contributed by atoms with Crippen LogP contribution < -0.4 is 5.32 Å². The SMILES string of the molecule is Cc1cc(C(=O)NCC(O)C(C)(C)C)oc1C. The maximum absolute atomic E-state index is 11.7. The van der Waals surface area contributed by atoms with Crippen LogP contribution in [0.1, 0.15) is 42.6 Å². The van der Waals surface area contributed by atoms with Crippen molar-refractivity contribution in [2.45, 2.75) is 40.7 Å². The number of nitrogens with one attached hydrogen (secondary N) is 1. The van der Waals surface area contributed by atoms with Crippen molar-refractivity contribution in [3.8, 4) is 0 Å². The monoisotopic (exact) mass is 239 g/mol. The summed E-state index contributed by atoms with van der Waals surface area (Å²) in [5.41, 5.74) is 0.703. The predicted molar refractivity (Wildman–Crippen MR) is 66.0 cm³/mol. The number of furan rings is 1. The van der Waals surface area contributed by atoms with Gasteiger partial charge in [0.05, 0.1) is 6.10 Å². The van der Waals surface area contributed by atoms with Crippen molar-refractivity contribution in [1.82, 2.24) is 5.32 Å². The van der Waals surface area contributed by atoms with Gasteiger partial charge in [0, 0.05) is 6.54 Å². The highest BCUT2D eigenvalue weighted by atomic mass is 16.3. The van der Waals surface area contributed by atoms with Crippen LogP contribution in [-0.2, 0) is 0 Å². The van der Waals surface area contributed by atoms with E-state index in [1.165, 1.54) is 0 Å². The maximum Gasteiger partial charge on any atom is 0.287 e. The van der Waals surface area contributed by atoms with Gasteiger partial charge in [-0.05, 0) is 30.9 Å². The molecule has 96 valence electrons. The number of rotatable bonds is 3. The summed E-state index contributed by atoms with van der Waals surface area (Å²) >= 11 is 0. The third kappa shape index (κ3) is 3.60. The first-order valence-electron chi connectivity index (χ1n) is 5.75. The van der Waals surface area contributed by atoms with Gasteiger partial charge in [-0.1, -0.05) is 20.8 Å². The molecule has 1 aromatic rings. The van der Waals surface area contributed by atoms with Crippen LogP contribution in [0.15, 0.2) is 10.5 Å². The molecule has 0 saturated heterocycles. The minimum Gasteiger partial charge on any atom is -0.456 e. The lowest BCUT2D eigenvalue weighted by atomic mass is 9.89. The second kappa shape index (κ2) is 4.92. The Morgan fingerprint density at radius 2 is 2.06 bits per heavy atom. The topological polar surface area (TPSA) is 62.5 Å². The Balaban J connectivity index is 2.56. The third-order valence-electron chi connectivity index (χ3n) is 2.85. The van der Waals surface area contributed by atoms with Crippen molar-refractivity contribution >= 4 is 5.91 Å². The Kier molecular flexibility index (Phi) is 3.98. The van der Waals surface area contributed by atoms with Gasteiger partial charge in [-0.2, -0.15) is 0 Å². The molecule has 2 N–H and O–H groups in total. The highest BCUT2D eigenvalue weighted by Gasteiger charge is 2.23. The van der Waals surface area contributed by atoms with Gasteiger partial charge in [0.1, 0.15) is 5.76 Å². The van der Waals surface area contributed by atoms with E-state index in [9.17, 15) is 9.90 Å². The Morgan fingerprint density at radius 1 is 1.47 bits per heavy atom. The smallest absolute Gasteiger partial charge is 0.287 e. The molecule has 1 unspecified atom stereocenters. The molecule has 1 atom stereocenters. The molecular weight excluding hydrogens is 218 g/mol. The molecule has 4 nitrogen and oxygen atoms in total. The van der Waals surface area contributed by atoms with Crippen LogP contribution in [0.2, 0.25) is 0 Å². The normalized spacial score (nSPS) is 13.5. The van der Waals surface area contributed by atoms with E-state index >= 15 is 0 Å². The van der Waals surface area contributed by atoms with Gasteiger partial charge in [-0.3, -0.25) is 4.79 Å². The van der Waals surface area contributed by atoms with E-state index in [0.29, 0.717) is 5.76 Å². The van der Waals surface area contributed by atoms with Crippen molar-refractivity contribution < 1.29 is 14.3 Å². The summed E-state index contributed by atoms with van der Waals surface area (Å²) in [6.07, 6.45) is -0.580. The van der Waals surface area contributed by atoms with E-state index < -0.39 is 6.10 Å². The van der Waals surface area contributed by atoms with E-state index in [-0.39, 0.29) is 17.9 Å². The number of hydrogen-bond donors (Lipinski definition) is 2. The summed E-state index contributed by atoms with van der Waals surface area (Å²) in [6, 6.07) is 1.70. The van der Waals surface area contributed by atoms with E-state index in [2.05, 4.69) is 5.32 Å². The number of carbonyl (C=O) groups excluding carboxylic acids is 1. The van der Waals surface area contributed by atoms with Crippen LogP contribution in [-0.4, -0.2) is 23.7 Å². The minimum atomic E-state index is -0.580. The van der Waals surface area contributed by atoms with Crippen LogP contribution in [0.3, 0.4) is 0 Å². The first kappa shape index (κ1) is 13.8. The van der Waals surface area contributed by atoms with Gasteiger partial charge in [0.25, 0.3) is 5.91 Å². The second-order valence-electron chi connectivity index (χ2n) is 5.44. The molecule has 0 radical (unpaired) electrons. The summed E-state index contributed by atoms with van der Waals surface area (Å²) in [4.78, 5) is 11.7. The largest absolute Gasteiger partial charge is 0.456 e. The van der Waals surface area contributed by atoms with Gasteiger partial charge >= 0.3 is 0 Å². The Morgan fingerprint density at radius 3 is 2.47 bits per heavy atom. The molecular formula is C13H21NO3. The van der Waals surface area contributed by atoms with Crippen molar-refractivity contribution in [3.05, 3.63) is 23.2 Å². The first-order chi connectivity index (χ1) is 7.71. The molecule has 0 aliphatic carbocycles. The molecule has 0 fully saturated rings. The fraction of sp³-hybridized carbons (Fsp3) is 0.615. The van der Waals surface area contributed by atoms with E-state index in [0.717, 1.165) is 11.3 Å². The lowest BCUT2D eigenvalue weighted by Gasteiger charge is -2.25. The molecule has 1 aromatic heterocycles. The average Bonchev–Trinajstić information content (AvgIpc) is 2.54. The molecule has 0 aliphatic rings. The number of hydrogen-bond acceptors (Lipinski definition) is 3. The fourth-order valence-corrected chi connectivity index (χ4v) is 1.27. The van der Waals surface area contributed by atoms with Gasteiger partial charge in [0.2, 0.25) is 0 Å². The predicted octanol–water partition coefficient (Wildman–Crippen LogP) is 2.03. The molecule has 0 spiro atoms. The van der Waals surface area contributed by atoms with E-state index in [1.807, 2.05) is 34.6 Å². The van der Waals surface area contributed by atoms with Crippen molar-refractivity contribution in [2.24, 2.45) is 5.41 Å². The molecule has 0 bridgehead atoms. The van der Waals surface area contributed by atoms with Crippen LogP contribution in [0.4, 0.5) is 0 Å². The Bertz CT molecular complexity index is 382. The number of aliphatic hydroxyl groups is 1. The molecule has 0 aliphatic heterocycles. The van der Waals surface area contributed by atoms with Crippen LogP contribution in [0.5, 0.6) is 0 Å². The molecule has 1 amide bonds. The lowest BCUT2D eigenvalue weighted by molar-refractivity contribution is 0.0579. The number of aryl methyl sites for hydroxylation is 2. The van der Waals surface area contributed by atoms with Gasteiger partial charge in [0.15, 0.2) is 5.76 Å². The molecule has 0 saturated carbocycles. The molecule has 0 aromatic carbocycles. The standard InChI is InChI=1S/C13H21NO3/c1-8-6-10(17-9(8)2)12(16)14-7-11(15)13(3,4)5/h6,11,15H,7H2,1-5H3,(H,14,16). The summed E-state index contributed by atoms with van der Waals surface area (Å²) < 4.78 is 5.30. The maximum atomic E-state index is 11.7. The minimum absolute atomic E-state index is 0.223. The molecule has 1 rings (SSSR count).